The fourth-order valence-corrected chi connectivity index (χ4v) is 2.53. The summed E-state index contributed by atoms with van der Waals surface area (Å²) < 4.78 is 0. The van der Waals surface area contributed by atoms with E-state index in [2.05, 4.69) is 4.90 Å². The molecule has 2 heterocycles. The van der Waals surface area contributed by atoms with E-state index in [1.54, 1.807) is 6.08 Å². The number of piperidine rings is 1. The Morgan fingerprint density at radius 1 is 1.47 bits per heavy atom. The third-order valence-electron chi connectivity index (χ3n) is 3.29. The van der Waals surface area contributed by atoms with Crippen molar-refractivity contribution in [1.29, 1.82) is 0 Å². The first-order valence-electron chi connectivity index (χ1n) is 5.59. The van der Waals surface area contributed by atoms with Crippen LogP contribution in [-0.2, 0) is 4.79 Å². The van der Waals surface area contributed by atoms with Crippen LogP contribution in [0.5, 0.6) is 0 Å². The molecule has 1 N–H and O–H groups in total. The van der Waals surface area contributed by atoms with Crippen LogP contribution >= 0.6 is 0 Å². The van der Waals surface area contributed by atoms with Crippen LogP contribution in [0.25, 0.3) is 0 Å². The van der Waals surface area contributed by atoms with E-state index >= 15 is 0 Å². The van der Waals surface area contributed by atoms with Crippen molar-refractivity contribution in [2.75, 3.05) is 13.1 Å². The minimum Gasteiger partial charge on any atom is -0.478 e. The van der Waals surface area contributed by atoms with Gasteiger partial charge in [-0.1, -0.05) is 17.7 Å². The van der Waals surface area contributed by atoms with Crippen LogP contribution < -0.4 is 0 Å². The van der Waals surface area contributed by atoms with Crippen molar-refractivity contribution in [3.8, 4) is 0 Å². The number of carboxylic acid groups (broad SMARTS) is 1. The Hall–Kier alpha value is -1.09. The van der Waals surface area contributed by atoms with E-state index < -0.39 is 5.97 Å². The third-order valence-corrected chi connectivity index (χ3v) is 3.29. The summed E-state index contributed by atoms with van der Waals surface area (Å²) >= 11 is 0. The highest BCUT2D eigenvalue weighted by Crippen LogP contribution is 2.29. The molecule has 2 fully saturated rings. The predicted molar refractivity (Wildman–Crippen MR) is 58.7 cm³/mol. The van der Waals surface area contributed by atoms with Gasteiger partial charge in [0.2, 0.25) is 0 Å². The zero-order valence-electron chi connectivity index (χ0n) is 8.85. The zero-order valence-corrected chi connectivity index (χ0v) is 8.85. The lowest BCUT2D eigenvalue weighted by molar-refractivity contribution is -0.131. The van der Waals surface area contributed by atoms with Gasteiger partial charge in [-0.3, -0.25) is 4.90 Å². The molecule has 2 rings (SSSR count). The van der Waals surface area contributed by atoms with Crippen LogP contribution in [0.2, 0.25) is 0 Å². The van der Waals surface area contributed by atoms with Crippen molar-refractivity contribution in [3.05, 3.63) is 23.8 Å². The monoisotopic (exact) mass is 207 g/mol. The normalized spacial score (nSPS) is 29.9. The molecule has 0 aromatic carbocycles. The SMILES string of the molecule is O=C(O)/C=C/C=C1/CCN2CCCC2C1. The fraction of sp³-hybridized carbons (Fsp3) is 0.583. The maximum absolute atomic E-state index is 10.3. The van der Waals surface area contributed by atoms with Gasteiger partial charge in [-0.05, 0) is 32.2 Å². The molecule has 0 saturated carbocycles. The van der Waals surface area contributed by atoms with E-state index in [-0.39, 0.29) is 0 Å². The summed E-state index contributed by atoms with van der Waals surface area (Å²) in [6.45, 7) is 2.40. The number of rotatable bonds is 2. The number of hydrogen-bond acceptors (Lipinski definition) is 2. The standard InChI is InChI=1S/C12H17NO2/c14-12(15)5-1-3-10-6-8-13-7-2-4-11(13)9-10/h1,3,5,11H,2,4,6-9H2,(H,14,15)/b5-1+,10-3-. The third kappa shape index (κ3) is 2.69. The topological polar surface area (TPSA) is 40.5 Å². The Bertz CT molecular complexity index is 307. The van der Waals surface area contributed by atoms with Crippen LogP contribution in [0.15, 0.2) is 23.8 Å². The lowest BCUT2D eigenvalue weighted by Gasteiger charge is -2.30. The number of fused-ring (bicyclic) bond motifs is 1. The molecule has 0 spiro atoms. The summed E-state index contributed by atoms with van der Waals surface area (Å²) in [5.41, 5.74) is 1.40. The zero-order chi connectivity index (χ0) is 10.7. The number of aliphatic carboxylic acids is 1. The quantitative estimate of drug-likeness (QED) is 0.702. The molecule has 3 nitrogen and oxygen atoms in total. The minimum absolute atomic E-state index is 0.725. The van der Waals surface area contributed by atoms with Gasteiger partial charge < -0.3 is 5.11 Å². The van der Waals surface area contributed by atoms with Gasteiger partial charge in [0, 0.05) is 18.7 Å². The van der Waals surface area contributed by atoms with Gasteiger partial charge in [0.1, 0.15) is 0 Å². The smallest absolute Gasteiger partial charge is 0.328 e. The molecular formula is C12H17NO2. The molecule has 1 atom stereocenters. The van der Waals surface area contributed by atoms with Gasteiger partial charge in [0.15, 0.2) is 0 Å². The number of allylic oxidation sites excluding steroid dienone is 2. The summed E-state index contributed by atoms with van der Waals surface area (Å²) in [4.78, 5) is 12.9. The second-order valence-corrected chi connectivity index (χ2v) is 4.31. The fourth-order valence-electron chi connectivity index (χ4n) is 2.53. The van der Waals surface area contributed by atoms with E-state index in [9.17, 15) is 4.79 Å². The van der Waals surface area contributed by atoms with Gasteiger partial charge >= 0.3 is 5.97 Å². The molecule has 3 heteroatoms. The summed E-state index contributed by atoms with van der Waals surface area (Å²) in [6.07, 6.45) is 9.69. The Balaban J connectivity index is 1.92. The summed E-state index contributed by atoms with van der Waals surface area (Å²) in [5, 5.41) is 8.47. The highest BCUT2D eigenvalue weighted by Gasteiger charge is 2.28. The summed E-state index contributed by atoms with van der Waals surface area (Å²) in [7, 11) is 0. The van der Waals surface area contributed by atoms with Crippen LogP contribution in [0, 0.1) is 0 Å². The lowest BCUT2D eigenvalue weighted by Crippen LogP contribution is -2.34. The molecule has 0 bridgehead atoms. The second-order valence-electron chi connectivity index (χ2n) is 4.31. The van der Waals surface area contributed by atoms with Crippen molar-refractivity contribution in [2.45, 2.75) is 31.7 Å². The largest absolute Gasteiger partial charge is 0.478 e. The maximum Gasteiger partial charge on any atom is 0.328 e. The van der Waals surface area contributed by atoms with Crippen molar-refractivity contribution in [3.63, 3.8) is 0 Å². The Labute approximate surface area is 90.1 Å². The Morgan fingerprint density at radius 2 is 2.33 bits per heavy atom. The van der Waals surface area contributed by atoms with E-state index in [0.717, 1.165) is 25.4 Å². The van der Waals surface area contributed by atoms with Gasteiger partial charge in [-0.15, -0.1) is 0 Å². The lowest BCUT2D eigenvalue weighted by atomic mass is 9.97. The first-order valence-corrected chi connectivity index (χ1v) is 5.59. The molecular weight excluding hydrogens is 190 g/mol. The molecule has 1 unspecified atom stereocenters. The summed E-state index contributed by atoms with van der Waals surface area (Å²) in [6, 6.07) is 0.725. The van der Waals surface area contributed by atoms with E-state index in [1.807, 2.05) is 6.08 Å². The second kappa shape index (κ2) is 4.62. The molecule has 0 aromatic rings. The number of carboxylic acids is 1. The Morgan fingerprint density at radius 3 is 3.13 bits per heavy atom. The van der Waals surface area contributed by atoms with E-state index in [4.69, 9.17) is 5.11 Å². The van der Waals surface area contributed by atoms with Crippen molar-refractivity contribution < 1.29 is 9.90 Å². The van der Waals surface area contributed by atoms with Crippen LogP contribution in [-0.4, -0.2) is 35.1 Å². The molecule has 2 aliphatic heterocycles. The van der Waals surface area contributed by atoms with Crippen LogP contribution in [0.1, 0.15) is 25.7 Å². The summed E-state index contributed by atoms with van der Waals surface area (Å²) in [5.74, 6) is -0.870. The van der Waals surface area contributed by atoms with Gasteiger partial charge in [0.25, 0.3) is 0 Å². The maximum atomic E-state index is 10.3. The van der Waals surface area contributed by atoms with Crippen molar-refractivity contribution >= 4 is 5.97 Å². The highest BCUT2D eigenvalue weighted by molar-refractivity contribution is 5.80. The highest BCUT2D eigenvalue weighted by atomic mass is 16.4. The first-order chi connectivity index (χ1) is 7.25. The first kappa shape index (κ1) is 10.4. The van der Waals surface area contributed by atoms with Gasteiger partial charge in [0.05, 0.1) is 0 Å². The van der Waals surface area contributed by atoms with E-state index in [0.29, 0.717) is 0 Å². The van der Waals surface area contributed by atoms with Crippen LogP contribution in [0.3, 0.4) is 0 Å². The van der Waals surface area contributed by atoms with Gasteiger partial charge in [-0.25, -0.2) is 4.79 Å². The molecule has 0 aliphatic carbocycles. The molecule has 0 amide bonds. The molecule has 0 radical (unpaired) electrons. The number of hydrogen-bond donors (Lipinski definition) is 1. The molecule has 0 aromatic heterocycles. The van der Waals surface area contributed by atoms with Crippen LogP contribution in [0.4, 0.5) is 0 Å². The molecule has 2 saturated heterocycles. The number of carbonyl (C=O) groups is 1. The molecule has 15 heavy (non-hydrogen) atoms. The molecule has 82 valence electrons. The van der Waals surface area contributed by atoms with E-state index in [1.165, 1.54) is 31.0 Å². The number of nitrogens with zero attached hydrogens (tertiary/aromatic N) is 1. The Kier molecular flexibility index (Phi) is 3.21. The average molecular weight is 207 g/mol. The van der Waals surface area contributed by atoms with Crippen molar-refractivity contribution in [2.24, 2.45) is 0 Å². The van der Waals surface area contributed by atoms with Crippen molar-refractivity contribution in [1.82, 2.24) is 4.90 Å². The predicted octanol–water partition coefficient (Wildman–Crippen LogP) is 1.81. The average Bonchev–Trinajstić information content (AvgIpc) is 2.64. The minimum atomic E-state index is -0.870. The molecule has 2 aliphatic rings. The van der Waals surface area contributed by atoms with Gasteiger partial charge in [-0.2, -0.15) is 0 Å².